The molecule has 2 aromatic rings. The van der Waals surface area contributed by atoms with E-state index in [1.54, 1.807) is 0 Å². The molecule has 0 aliphatic rings. The third kappa shape index (κ3) is 3.84. The Labute approximate surface area is 127 Å². The van der Waals surface area contributed by atoms with Crippen LogP contribution in [0.1, 0.15) is 20.3 Å². The lowest BCUT2D eigenvalue weighted by molar-refractivity contribution is 0.122. The van der Waals surface area contributed by atoms with Crippen molar-refractivity contribution in [3.05, 3.63) is 60.7 Å². The van der Waals surface area contributed by atoms with Crippen LogP contribution in [-0.2, 0) is 4.57 Å². The molecule has 0 fully saturated rings. The molecule has 0 aliphatic carbocycles. The van der Waals surface area contributed by atoms with E-state index < -0.39 is 13.2 Å². The maximum atomic E-state index is 13.6. The molecular formula is C18H23O2P. The lowest BCUT2D eigenvalue weighted by Crippen LogP contribution is -2.23. The molecule has 0 spiro atoms. The number of aliphatic hydroxyl groups is 1. The SMILES string of the molecule is CC(C)C(O)CCP(=O)(c1ccccc1)c1ccccc1. The zero-order chi connectivity index (χ0) is 15.3. The van der Waals surface area contributed by atoms with E-state index in [9.17, 15) is 9.67 Å². The number of benzene rings is 2. The second kappa shape index (κ2) is 7.06. The van der Waals surface area contributed by atoms with Gasteiger partial charge in [-0.2, -0.15) is 0 Å². The highest BCUT2D eigenvalue weighted by Gasteiger charge is 2.28. The number of hydrogen-bond acceptors (Lipinski definition) is 2. The lowest BCUT2D eigenvalue weighted by atomic mass is 10.1. The predicted molar refractivity (Wildman–Crippen MR) is 90.1 cm³/mol. The van der Waals surface area contributed by atoms with Gasteiger partial charge in [-0.1, -0.05) is 74.5 Å². The van der Waals surface area contributed by atoms with Crippen LogP contribution in [-0.4, -0.2) is 17.4 Å². The van der Waals surface area contributed by atoms with Crippen LogP contribution in [0.4, 0.5) is 0 Å². The van der Waals surface area contributed by atoms with Crippen molar-refractivity contribution in [2.24, 2.45) is 5.92 Å². The van der Waals surface area contributed by atoms with E-state index in [0.29, 0.717) is 12.6 Å². The van der Waals surface area contributed by atoms with Crippen LogP contribution >= 0.6 is 7.14 Å². The van der Waals surface area contributed by atoms with E-state index in [2.05, 4.69) is 0 Å². The van der Waals surface area contributed by atoms with Gasteiger partial charge in [0, 0.05) is 16.8 Å². The molecule has 2 rings (SSSR count). The van der Waals surface area contributed by atoms with E-state index in [1.165, 1.54) is 0 Å². The van der Waals surface area contributed by atoms with Gasteiger partial charge in [0.05, 0.1) is 6.10 Å². The summed E-state index contributed by atoms with van der Waals surface area (Å²) >= 11 is 0. The molecule has 0 heterocycles. The molecular weight excluding hydrogens is 279 g/mol. The van der Waals surface area contributed by atoms with E-state index in [0.717, 1.165) is 10.6 Å². The van der Waals surface area contributed by atoms with Gasteiger partial charge >= 0.3 is 0 Å². The van der Waals surface area contributed by atoms with Crippen molar-refractivity contribution >= 4 is 17.8 Å². The largest absolute Gasteiger partial charge is 0.393 e. The molecule has 0 aromatic heterocycles. The zero-order valence-corrected chi connectivity index (χ0v) is 13.5. The smallest absolute Gasteiger partial charge is 0.143 e. The molecule has 0 amide bonds. The average molecular weight is 302 g/mol. The number of aliphatic hydroxyl groups excluding tert-OH is 1. The minimum Gasteiger partial charge on any atom is -0.393 e. The Hall–Kier alpha value is -1.37. The Kier molecular flexibility index (Phi) is 5.39. The van der Waals surface area contributed by atoms with Crippen molar-refractivity contribution < 1.29 is 9.67 Å². The Morgan fingerprint density at radius 1 is 0.905 bits per heavy atom. The summed E-state index contributed by atoms with van der Waals surface area (Å²) in [4.78, 5) is 0. The second-order valence-corrected chi connectivity index (χ2v) is 8.69. The third-order valence-electron chi connectivity index (χ3n) is 3.86. The summed E-state index contributed by atoms with van der Waals surface area (Å²) in [7, 11) is -2.68. The molecule has 1 atom stereocenters. The van der Waals surface area contributed by atoms with Crippen LogP contribution < -0.4 is 10.6 Å². The molecule has 3 heteroatoms. The zero-order valence-electron chi connectivity index (χ0n) is 12.6. The minimum absolute atomic E-state index is 0.185. The van der Waals surface area contributed by atoms with Crippen molar-refractivity contribution in [3.63, 3.8) is 0 Å². The van der Waals surface area contributed by atoms with Gasteiger partial charge in [-0.05, 0) is 12.3 Å². The monoisotopic (exact) mass is 302 g/mol. The first-order valence-corrected chi connectivity index (χ1v) is 9.31. The van der Waals surface area contributed by atoms with Gasteiger partial charge in [0.15, 0.2) is 0 Å². The van der Waals surface area contributed by atoms with Crippen LogP contribution in [0.2, 0.25) is 0 Å². The standard InChI is InChI=1S/C18H23O2P/c1-15(2)18(19)13-14-21(20,16-9-5-3-6-10-16)17-11-7-4-8-12-17/h3-12,15,18-19H,13-14H2,1-2H3. The van der Waals surface area contributed by atoms with Crippen LogP contribution in [0.5, 0.6) is 0 Å². The molecule has 0 radical (unpaired) electrons. The van der Waals surface area contributed by atoms with Crippen LogP contribution in [0.3, 0.4) is 0 Å². The van der Waals surface area contributed by atoms with E-state index >= 15 is 0 Å². The summed E-state index contributed by atoms with van der Waals surface area (Å²) in [6, 6.07) is 19.3. The fourth-order valence-electron chi connectivity index (χ4n) is 2.39. The van der Waals surface area contributed by atoms with Gasteiger partial charge in [-0.15, -0.1) is 0 Å². The summed E-state index contributed by atoms with van der Waals surface area (Å²) in [6.45, 7) is 3.97. The van der Waals surface area contributed by atoms with E-state index in [1.807, 2.05) is 74.5 Å². The third-order valence-corrected chi connectivity index (χ3v) is 7.01. The number of rotatable bonds is 6. The maximum Gasteiger partial charge on any atom is 0.143 e. The number of hydrogen-bond donors (Lipinski definition) is 1. The summed E-state index contributed by atoms with van der Waals surface area (Å²) < 4.78 is 13.6. The van der Waals surface area contributed by atoms with Crippen molar-refractivity contribution in [3.8, 4) is 0 Å². The van der Waals surface area contributed by atoms with Gasteiger partial charge in [-0.3, -0.25) is 0 Å². The van der Waals surface area contributed by atoms with Crippen molar-refractivity contribution in [1.82, 2.24) is 0 Å². The highest BCUT2D eigenvalue weighted by molar-refractivity contribution is 7.78. The van der Waals surface area contributed by atoms with E-state index in [-0.39, 0.29) is 5.92 Å². The fourth-order valence-corrected chi connectivity index (χ4v) is 5.14. The van der Waals surface area contributed by atoms with Gasteiger partial charge in [-0.25, -0.2) is 0 Å². The first-order valence-electron chi connectivity index (χ1n) is 7.42. The van der Waals surface area contributed by atoms with Crippen molar-refractivity contribution in [1.29, 1.82) is 0 Å². The first kappa shape index (κ1) is 16.0. The minimum atomic E-state index is -2.68. The van der Waals surface area contributed by atoms with Crippen LogP contribution in [0, 0.1) is 5.92 Å². The van der Waals surface area contributed by atoms with Gasteiger partial charge in [0.2, 0.25) is 0 Å². The molecule has 112 valence electrons. The highest BCUT2D eigenvalue weighted by atomic mass is 31.2. The Morgan fingerprint density at radius 3 is 1.71 bits per heavy atom. The Bertz CT molecular complexity index is 550. The Balaban J connectivity index is 2.34. The van der Waals surface area contributed by atoms with Gasteiger partial charge in [0.25, 0.3) is 0 Å². The summed E-state index contributed by atoms with van der Waals surface area (Å²) in [5.74, 6) is 0.185. The molecule has 21 heavy (non-hydrogen) atoms. The topological polar surface area (TPSA) is 37.3 Å². The molecule has 1 N–H and O–H groups in total. The molecule has 0 aliphatic heterocycles. The van der Waals surface area contributed by atoms with Crippen molar-refractivity contribution in [2.45, 2.75) is 26.4 Å². The predicted octanol–water partition coefficient (Wildman–Crippen LogP) is 3.41. The fraction of sp³-hybridized carbons (Fsp3) is 0.333. The molecule has 1 unspecified atom stereocenters. The van der Waals surface area contributed by atoms with E-state index in [4.69, 9.17) is 0 Å². The first-order chi connectivity index (χ1) is 10.0. The quantitative estimate of drug-likeness (QED) is 0.830. The lowest BCUT2D eigenvalue weighted by Gasteiger charge is -2.22. The molecule has 0 bridgehead atoms. The summed E-state index contributed by atoms with van der Waals surface area (Å²) in [6.07, 6.45) is 0.643. The molecule has 0 saturated heterocycles. The van der Waals surface area contributed by atoms with Crippen molar-refractivity contribution in [2.75, 3.05) is 6.16 Å². The molecule has 2 nitrogen and oxygen atoms in total. The second-order valence-electron chi connectivity index (χ2n) is 5.73. The van der Waals surface area contributed by atoms with Crippen LogP contribution in [0.15, 0.2) is 60.7 Å². The highest BCUT2D eigenvalue weighted by Crippen LogP contribution is 2.44. The molecule has 0 saturated carbocycles. The van der Waals surface area contributed by atoms with Gasteiger partial charge < -0.3 is 9.67 Å². The molecule has 2 aromatic carbocycles. The summed E-state index contributed by atoms with van der Waals surface area (Å²) in [5.41, 5.74) is 0. The average Bonchev–Trinajstić information content (AvgIpc) is 2.53. The maximum absolute atomic E-state index is 13.6. The van der Waals surface area contributed by atoms with Crippen LogP contribution in [0.25, 0.3) is 0 Å². The summed E-state index contributed by atoms with van der Waals surface area (Å²) in [5, 5.41) is 11.8. The Morgan fingerprint density at radius 2 is 1.33 bits per heavy atom. The van der Waals surface area contributed by atoms with Gasteiger partial charge in [0.1, 0.15) is 7.14 Å². The normalized spacial score (nSPS) is 13.3.